The summed E-state index contributed by atoms with van der Waals surface area (Å²) in [6.07, 6.45) is 0. The lowest BCUT2D eigenvalue weighted by molar-refractivity contribution is 1.85. The molecule has 0 radical (unpaired) electrons. The Labute approximate surface area is 50.5 Å². The summed E-state index contributed by atoms with van der Waals surface area (Å²) in [4.78, 5) is 0. The molecule has 0 aromatic heterocycles. The van der Waals surface area contributed by atoms with E-state index in [9.17, 15) is 0 Å². The second-order valence-electron chi connectivity index (χ2n) is 0.768. The first-order valence-electron chi connectivity index (χ1n) is 1.47. The zero-order chi connectivity index (χ0) is 5.11. The lowest BCUT2D eigenvalue weighted by Gasteiger charge is -1.86. The Morgan fingerprint density at radius 3 is 2.57 bits per heavy atom. The molecule has 0 spiro atoms. The van der Waals surface area contributed by atoms with Crippen LogP contribution in [0.4, 0.5) is 0 Å². The predicted molar refractivity (Wildman–Crippen MR) is 38.4 cm³/mol. The Hall–Kier alpha value is 0.780. The van der Waals surface area contributed by atoms with Crippen molar-refractivity contribution in [1.82, 2.24) is 0 Å². The van der Waals surface area contributed by atoms with E-state index in [2.05, 4.69) is 25.8 Å². The summed E-state index contributed by atoms with van der Waals surface area (Å²) < 4.78 is 11.7. The Morgan fingerprint density at radius 2 is 2.29 bits per heavy atom. The van der Waals surface area contributed by atoms with Crippen LogP contribution >= 0.6 is 36.4 Å². The smallest absolute Gasteiger partial charge is 0.160 e. The van der Waals surface area contributed by atoms with Gasteiger partial charge in [0, 0.05) is 0 Å². The minimum atomic E-state index is -0.967. The van der Waals surface area contributed by atoms with Crippen LogP contribution < -0.4 is 0 Å². The summed E-state index contributed by atoms with van der Waals surface area (Å²) in [5, 5.41) is 0. The van der Waals surface area contributed by atoms with Crippen LogP contribution in [0.3, 0.4) is 0 Å². The van der Waals surface area contributed by atoms with Crippen LogP contribution in [-0.2, 0) is 0 Å². The maximum atomic E-state index is 4.06. The largest absolute Gasteiger partial charge is 0.197 e. The molecule has 38 valence electrons. The third-order valence-electron chi connectivity index (χ3n) is 0.348. The van der Waals surface area contributed by atoms with E-state index in [-0.39, 0.29) is 0 Å². The zero-order valence-electron chi connectivity index (χ0n) is 3.18. The minimum Gasteiger partial charge on any atom is -0.197 e. The second kappa shape index (κ2) is 2.94. The van der Waals surface area contributed by atoms with Crippen LogP contribution in [0.2, 0.25) is 0 Å². The maximum absolute atomic E-state index is 4.06. The van der Waals surface area contributed by atoms with Crippen LogP contribution in [0.15, 0.2) is 13.5 Å². The molecule has 1 aliphatic rings. The predicted octanol–water partition coefficient (Wildman–Crippen LogP) is 3.25. The van der Waals surface area contributed by atoms with E-state index < -0.39 is 7.07 Å². The van der Waals surface area contributed by atoms with Crippen molar-refractivity contribution in [2.24, 2.45) is 13.5 Å². The Balaban J connectivity index is 2.82. The normalized spacial score (nSPS) is 31.9. The highest BCUT2D eigenvalue weighted by Gasteiger charge is 1.83. The highest BCUT2D eigenvalue weighted by molar-refractivity contribution is 8.41. The number of thiol groups is 1. The highest BCUT2D eigenvalue weighted by Crippen LogP contribution is 2.43. The quantitative estimate of drug-likeness (QED) is 0.426. The number of hydrogen-bond donors (Lipinski definition) is 1. The van der Waals surface area contributed by atoms with Crippen LogP contribution in [-0.4, -0.2) is 0 Å². The molecule has 1 heterocycles. The fourth-order valence-electron chi connectivity index (χ4n) is 0.158. The number of nitrogens with zero attached hydrogens (tertiary/aromatic N) is 3. The van der Waals surface area contributed by atoms with Gasteiger partial charge in [0.05, 0.1) is 0 Å². The summed E-state index contributed by atoms with van der Waals surface area (Å²) in [6.45, 7) is 0. The van der Waals surface area contributed by atoms with Gasteiger partial charge in [-0.1, -0.05) is 0 Å². The monoisotopic (exact) mass is 169 g/mol. The van der Waals surface area contributed by atoms with Gasteiger partial charge < -0.3 is 0 Å². The Morgan fingerprint density at radius 1 is 1.43 bits per heavy atom. The summed E-state index contributed by atoms with van der Waals surface area (Å²) in [7, 11) is 0.644. The lowest BCUT2D eigenvalue weighted by atomic mass is 13.8. The third-order valence-corrected chi connectivity index (χ3v) is 4.74. The molecule has 7 heavy (non-hydrogen) atoms. The van der Waals surface area contributed by atoms with Crippen molar-refractivity contribution in [3.05, 3.63) is 0 Å². The van der Waals surface area contributed by atoms with Crippen LogP contribution in [0.5, 0.6) is 0 Å². The van der Waals surface area contributed by atoms with Gasteiger partial charge in [-0.15, -0.1) is 12.2 Å². The molecule has 0 aromatic rings. The minimum absolute atomic E-state index is 0.805. The standard InChI is InChI=1S/H2N3P3S/c7-6-2-4-1-5-3-6/h6H,(H,1,2,3,7). The Bertz CT molecular complexity index is 146. The van der Waals surface area contributed by atoms with Gasteiger partial charge in [0.15, 0.2) is 17.0 Å². The van der Waals surface area contributed by atoms with Gasteiger partial charge in [-0.05, 0) is 0 Å². The molecule has 7 heteroatoms. The van der Waals surface area contributed by atoms with Crippen molar-refractivity contribution in [1.29, 1.82) is 0 Å². The topological polar surface area (TPSA) is 37.1 Å². The van der Waals surface area contributed by atoms with Gasteiger partial charge in [0.2, 0.25) is 0 Å². The van der Waals surface area contributed by atoms with Gasteiger partial charge in [0.1, 0.15) is 7.07 Å². The summed E-state index contributed by atoms with van der Waals surface area (Å²) in [6, 6.07) is 0. The van der Waals surface area contributed by atoms with Gasteiger partial charge in [-0.3, -0.25) is 0 Å². The first kappa shape index (κ1) is 5.91. The van der Waals surface area contributed by atoms with Gasteiger partial charge in [-0.2, -0.15) is 13.5 Å². The Kier molecular flexibility index (Phi) is 2.48. The van der Waals surface area contributed by atoms with Crippen LogP contribution in [0.1, 0.15) is 0 Å². The van der Waals surface area contributed by atoms with Gasteiger partial charge >= 0.3 is 0 Å². The molecule has 1 atom stereocenters. The molecular weight excluding hydrogens is 167 g/mol. The van der Waals surface area contributed by atoms with Crippen LogP contribution in [0, 0.1) is 0 Å². The molecule has 0 aliphatic carbocycles. The fourth-order valence-corrected chi connectivity index (χ4v) is 3.22. The first-order chi connectivity index (χ1) is 3.39. The van der Waals surface area contributed by atoms with E-state index in [1.165, 1.54) is 0 Å². The number of rotatable bonds is 0. The van der Waals surface area contributed by atoms with Crippen molar-refractivity contribution in [2.75, 3.05) is 0 Å². The molecule has 0 fully saturated rings. The van der Waals surface area contributed by atoms with Crippen LogP contribution in [0.25, 0.3) is 0 Å². The average Bonchev–Trinajstić information content (AvgIpc) is 1.69. The van der Waals surface area contributed by atoms with Crippen molar-refractivity contribution in [3.8, 4) is 0 Å². The zero-order valence-corrected chi connectivity index (χ0v) is 6.87. The molecule has 1 rings (SSSR count). The third kappa shape index (κ3) is 2.01. The van der Waals surface area contributed by atoms with Crippen molar-refractivity contribution in [3.63, 3.8) is 0 Å². The van der Waals surface area contributed by atoms with Crippen molar-refractivity contribution < 1.29 is 0 Å². The molecule has 0 aromatic carbocycles. The number of hydrogen-bond acceptors (Lipinski definition) is 3. The van der Waals surface area contributed by atoms with Gasteiger partial charge in [-0.25, -0.2) is 0 Å². The first-order valence-corrected chi connectivity index (χ1v) is 5.75. The molecule has 0 saturated heterocycles. The van der Waals surface area contributed by atoms with Crippen molar-refractivity contribution in [2.45, 2.75) is 0 Å². The van der Waals surface area contributed by atoms with E-state index >= 15 is 0 Å². The van der Waals surface area contributed by atoms with E-state index in [1.54, 1.807) is 0 Å². The highest BCUT2D eigenvalue weighted by atomic mass is 32.7. The molecule has 1 unspecified atom stereocenters. The summed E-state index contributed by atoms with van der Waals surface area (Å²) in [5.74, 6) is 0. The molecule has 1 aliphatic heterocycles. The second-order valence-corrected chi connectivity index (χ2v) is 5.24. The molecule has 0 N–H and O–H groups in total. The van der Waals surface area contributed by atoms with Gasteiger partial charge in [0.25, 0.3) is 0 Å². The molecular formula is H2N3P3S. The molecule has 0 saturated carbocycles. The average molecular weight is 169 g/mol. The van der Waals surface area contributed by atoms with E-state index in [0.717, 1.165) is 17.0 Å². The van der Waals surface area contributed by atoms with E-state index in [0.29, 0.717) is 0 Å². The summed E-state index contributed by atoms with van der Waals surface area (Å²) >= 11 is 4.06. The maximum Gasteiger partial charge on any atom is 0.160 e. The molecule has 0 amide bonds. The molecule has 3 nitrogen and oxygen atoms in total. The fraction of sp³-hybridized carbons (Fsp3) is 0. The van der Waals surface area contributed by atoms with E-state index in [4.69, 9.17) is 0 Å². The van der Waals surface area contributed by atoms with E-state index in [1.807, 2.05) is 0 Å². The van der Waals surface area contributed by atoms with Crippen molar-refractivity contribution >= 4 is 36.4 Å². The SMILES string of the molecule is S[PH]1=NP=NP=N1. The summed E-state index contributed by atoms with van der Waals surface area (Å²) in [5.41, 5.74) is 0. The lowest BCUT2D eigenvalue weighted by Crippen LogP contribution is -1.31. The molecule has 0 bridgehead atoms.